The van der Waals surface area contributed by atoms with E-state index in [0.717, 1.165) is 47.4 Å². The molecule has 8 heteroatoms. The van der Waals surface area contributed by atoms with E-state index in [1.165, 1.54) is 22.7 Å². The maximum absolute atomic E-state index is 13.0. The van der Waals surface area contributed by atoms with Gasteiger partial charge in [0.1, 0.15) is 15.0 Å². The van der Waals surface area contributed by atoms with E-state index in [1.807, 2.05) is 24.4 Å². The number of halogens is 1. The van der Waals surface area contributed by atoms with Gasteiger partial charge in [-0.05, 0) is 48.9 Å². The number of thiazole rings is 1. The molecule has 0 N–H and O–H groups in total. The quantitative estimate of drug-likeness (QED) is 0.575. The molecule has 0 amide bonds. The molecular formula is C18H18ClNO3S3. The summed E-state index contributed by atoms with van der Waals surface area (Å²) in [5.74, 6) is 0.326. The van der Waals surface area contributed by atoms with Crippen LogP contribution in [0, 0.1) is 6.92 Å². The second kappa shape index (κ2) is 7.20. The third-order valence-corrected chi connectivity index (χ3v) is 9.55. The van der Waals surface area contributed by atoms with Crippen LogP contribution < -0.4 is 0 Å². The summed E-state index contributed by atoms with van der Waals surface area (Å²) >= 11 is 8.80. The van der Waals surface area contributed by atoms with Crippen LogP contribution in [0.15, 0.2) is 27.8 Å². The molecule has 1 fully saturated rings. The Labute approximate surface area is 165 Å². The maximum Gasteiger partial charge on any atom is 0.194 e. The smallest absolute Gasteiger partial charge is 0.194 e. The second-order valence-corrected chi connectivity index (χ2v) is 11.1. The summed E-state index contributed by atoms with van der Waals surface area (Å²) in [5, 5.41) is 4.17. The Morgan fingerprint density at radius 3 is 2.85 bits per heavy atom. The number of fused-ring (bicyclic) bond motifs is 1. The number of hydrogen-bond acceptors (Lipinski definition) is 6. The molecule has 0 aliphatic carbocycles. The fourth-order valence-electron chi connectivity index (χ4n) is 3.27. The zero-order valence-electron chi connectivity index (χ0n) is 14.2. The average Bonchev–Trinajstić information content (AvgIpc) is 3.21. The molecule has 0 bridgehead atoms. The highest BCUT2D eigenvalue weighted by Crippen LogP contribution is 2.37. The minimum Gasteiger partial charge on any atom is -0.381 e. The number of hydrogen-bond donors (Lipinski definition) is 0. The monoisotopic (exact) mass is 427 g/mol. The number of aryl methyl sites for hydroxylation is 1. The fourth-order valence-corrected chi connectivity index (χ4v) is 7.81. The van der Waals surface area contributed by atoms with E-state index in [-0.39, 0.29) is 5.75 Å². The summed E-state index contributed by atoms with van der Waals surface area (Å²) in [5.41, 5.74) is 1.78. The van der Waals surface area contributed by atoms with Gasteiger partial charge in [0, 0.05) is 34.2 Å². The van der Waals surface area contributed by atoms with Gasteiger partial charge in [0.25, 0.3) is 0 Å². The van der Waals surface area contributed by atoms with Gasteiger partial charge in [0.2, 0.25) is 0 Å². The molecule has 2 aromatic heterocycles. The molecule has 26 heavy (non-hydrogen) atoms. The molecule has 0 saturated carbocycles. The molecule has 4 rings (SSSR count). The van der Waals surface area contributed by atoms with E-state index in [4.69, 9.17) is 16.3 Å². The number of benzene rings is 1. The van der Waals surface area contributed by atoms with Crippen LogP contribution in [0.2, 0.25) is 5.02 Å². The van der Waals surface area contributed by atoms with Crippen LogP contribution >= 0.6 is 34.3 Å². The van der Waals surface area contributed by atoms with Crippen molar-refractivity contribution >= 4 is 54.2 Å². The van der Waals surface area contributed by atoms with Gasteiger partial charge in [0.05, 0.1) is 5.69 Å². The molecule has 3 aromatic rings. The summed E-state index contributed by atoms with van der Waals surface area (Å²) in [4.78, 5) is 4.61. The lowest BCUT2D eigenvalue weighted by Gasteiger charge is -2.19. The fraction of sp³-hybridized carbons (Fsp3) is 0.389. The highest BCUT2D eigenvalue weighted by atomic mass is 35.5. The van der Waals surface area contributed by atoms with Gasteiger partial charge in [-0.15, -0.1) is 22.7 Å². The lowest BCUT2D eigenvalue weighted by atomic mass is 9.98. The summed E-state index contributed by atoms with van der Waals surface area (Å²) in [6.45, 7) is 3.34. The zero-order chi connectivity index (χ0) is 18.3. The van der Waals surface area contributed by atoms with Gasteiger partial charge >= 0.3 is 0 Å². The number of sulfone groups is 1. The standard InChI is InChI=1S/C18H18ClNO3S3/c1-11-14-8-13(19)2-3-16(14)25-18(11)26(21,22)10-17-20-15(9-24-17)12-4-6-23-7-5-12/h2-3,8-9,12H,4-7,10H2,1H3. The molecule has 1 saturated heterocycles. The molecule has 3 heterocycles. The predicted molar refractivity (Wildman–Crippen MR) is 107 cm³/mol. The first kappa shape index (κ1) is 18.4. The Balaban J connectivity index is 1.61. The first-order valence-electron chi connectivity index (χ1n) is 8.37. The second-order valence-electron chi connectivity index (χ2n) is 6.47. The van der Waals surface area contributed by atoms with E-state index < -0.39 is 9.84 Å². The first-order chi connectivity index (χ1) is 12.4. The van der Waals surface area contributed by atoms with Crippen LogP contribution in [0.5, 0.6) is 0 Å². The zero-order valence-corrected chi connectivity index (χ0v) is 17.4. The minimum atomic E-state index is -3.44. The van der Waals surface area contributed by atoms with Crippen LogP contribution in [0.3, 0.4) is 0 Å². The molecule has 4 nitrogen and oxygen atoms in total. The van der Waals surface area contributed by atoms with Crippen molar-refractivity contribution in [3.05, 3.63) is 44.9 Å². The number of thiophene rings is 1. The molecule has 1 aromatic carbocycles. The SMILES string of the molecule is Cc1c(S(=O)(=O)Cc2nc(C3CCOCC3)cs2)sc2ccc(Cl)cc12. The van der Waals surface area contributed by atoms with Crippen molar-refractivity contribution in [1.29, 1.82) is 0 Å². The molecule has 0 radical (unpaired) electrons. The van der Waals surface area contributed by atoms with Crippen LogP contribution in [-0.4, -0.2) is 26.6 Å². The van der Waals surface area contributed by atoms with Crippen LogP contribution in [-0.2, 0) is 20.3 Å². The van der Waals surface area contributed by atoms with E-state index in [0.29, 0.717) is 20.2 Å². The molecule has 0 unspecified atom stereocenters. The number of nitrogens with zero attached hydrogens (tertiary/aromatic N) is 1. The Bertz CT molecular complexity index is 1050. The normalized spacial score (nSPS) is 16.4. The summed E-state index contributed by atoms with van der Waals surface area (Å²) in [7, 11) is -3.44. The van der Waals surface area contributed by atoms with E-state index in [2.05, 4.69) is 4.98 Å². The van der Waals surface area contributed by atoms with Crippen LogP contribution in [0.1, 0.15) is 35.0 Å². The van der Waals surface area contributed by atoms with E-state index >= 15 is 0 Å². The van der Waals surface area contributed by atoms with Crippen molar-refractivity contribution in [2.24, 2.45) is 0 Å². The lowest BCUT2D eigenvalue weighted by molar-refractivity contribution is 0.0846. The van der Waals surface area contributed by atoms with Gasteiger partial charge < -0.3 is 4.74 Å². The van der Waals surface area contributed by atoms with Gasteiger partial charge in [-0.1, -0.05) is 11.6 Å². The molecule has 0 atom stereocenters. The number of rotatable bonds is 4. The summed E-state index contributed by atoms with van der Waals surface area (Å²) in [6, 6.07) is 5.49. The molecule has 1 aliphatic heterocycles. The van der Waals surface area contributed by atoms with Crippen molar-refractivity contribution in [1.82, 2.24) is 4.98 Å². The lowest BCUT2D eigenvalue weighted by Crippen LogP contribution is -2.14. The van der Waals surface area contributed by atoms with E-state index in [9.17, 15) is 8.42 Å². The molecular weight excluding hydrogens is 410 g/mol. The Kier molecular flexibility index (Phi) is 5.09. The predicted octanol–water partition coefficient (Wildman–Crippen LogP) is 5.19. The minimum absolute atomic E-state index is 0.0533. The Morgan fingerprint density at radius 1 is 1.31 bits per heavy atom. The topological polar surface area (TPSA) is 56.3 Å². The average molecular weight is 428 g/mol. The number of aromatic nitrogens is 1. The van der Waals surface area contributed by atoms with Gasteiger partial charge in [-0.3, -0.25) is 0 Å². The highest BCUT2D eigenvalue weighted by molar-refractivity contribution is 7.93. The maximum atomic E-state index is 13.0. The van der Waals surface area contributed by atoms with Crippen molar-refractivity contribution < 1.29 is 13.2 Å². The van der Waals surface area contributed by atoms with Gasteiger partial charge in [-0.2, -0.15) is 0 Å². The molecule has 1 aliphatic rings. The van der Waals surface area contributed by atoms with Crippen molar-refractivity contribution in [2.45, 2.75) is 35.6 Å². The first-order valence-corrected chi connectivity index (χ1v) is 12.1. The summed E-state index contributed by atoms with van der Waals surface area (Å²) in [6.07, 6.45) is 1.90. The third-order valence-electron chi connectivity index (χ3n) is 4.66. The van der Waals surface area contributed by atoms with Gasteiger partial charge in [0.15, 0.2) is 9.84 Å². The molecule has 138 valence electrons. The van der Waals surface area contributed by atoms with Crippen LogP contribution in [0.25, 0.3) is 10.1 Å². The highest BCUT2D eigenvalue weighted by Gasteiger charge is 2.25. The number of ether oxygens (including phenoxy) is 1. The Morgan fingerprint density at radius 2 is 2.08 bits per heavy atom. The summed E-state index contributed by atoms with van der Waals surface area (Å²) < 4.78 is 32.7. The largest absolute Gasteiger partial charge is 0.381 e. The van der Waals surface area contributed by atoms with Crippen molar-refractivity contribution in [3.63, 3.8) is 0 Å². The third kappa shape index (κ3) is 3.55. The van der Waals surface area contributed by atoms with Gasteiger partial charge in [-0.25, -0.2) is 13.4 Å². The molecule has 0 spiro atoms. The Hall–Kier alpha value is -0.990. The van der Waals surface area contributed by atoms with E-state index in [1.54, 1.807) is 6.07 Å². The van der Waals surface area contributed by atoms with Crippen molar-refractivity contribution in [2.75, 3.05) is 13.2 Å². The van der Waals surface area contributed by atoms with Crippen molar-refractivity contribution in [3.8, 4) is 0 Å². The van der Waals surface area contributed by atoms with Crippen LogP contribution in [0.4, 0.5) is 0 Å².